The highest BCUT2D eigenvalue weighted by Crippen LogP contribution is 2.52. The summed E-state index contributed by atoms with van der Waals surface area (Å²) >= 11 is 0. The molecule has 3 atom stereocenters. The lowest BCUT2D eigenvalue weighted by Gasteiger charge is -2.55. The quantitative estimate of drug-likeness (QED) is 0.389. The van der Waals surface area contributed by atoms with Crippen molar-refractivity contribution < 1.29 is 4.74 Å². The second-order valence-electron chi connectivity index (χ2n) is 8.63. The minimum absolute atomic E-state index is 0. The van der Waals surface area contributed by atoms with Crippen molar-refractivity contribution in [3.8, 4) is 0 Å². The smallest absolute Gasteiger partial charge is 0.191 e. The molecule has 0 amide bonds. The van der Waals surface area contributed by atoms with Crippen molar-refractivity contribution >= 4 is 29.9 Å². The Kier molecular flexibility index (Phi) is 6.99. The Bertz CT molecular complexity index is 615. The molecule has 1 aliphatic carbocycles. The molecule has 26 heavy (non-hydrogen) atoms. The molecule has 4 nitrogen and oxygen atoms in total. The maximum Gasteiger partial charge on any atom is 0.191 e. The second-order valence-corrected chi connectivity index (χ2v) is 8.63. The molecule has 1 aliphatic heterocycles. The van der Waals surface area contributed by atoms with Crippen molar-refractivity contribution in [2.24, 2.45) is 16.3 Å². The Balaban J connectivity index is 0.00000243. The number of hydrogen-bond acceptors (Lipinski definition) is 2. The van der Waals surface area contributed by atoms with Crippen molar-refractivity contribution in [1.82, 2.24) is 10.6 Å². The lowest BCUT2D eigenvalue weighted by Crippen LogP contribution is -2.68. The zero-order valence-electron chi connectivity index (χ0n) is 16.7. The van der Waals surface area contributed by atoms with E-state index in [1.807, 2.05) is 0 Å². The van der Waals surface area contributed by atoms with Crippen molar-refractivity contribution in [2.75, 3.05) is 19.7 Å². The van der Waals surface area contributed by atoms with Crippen LogP contribution in [-0.4, -0.2) is 37.8 Å². The predicted molar refractivity (Wildman–Crippen MR) is 119 cm³/mol. The summed E-state index contributed by atoms with van der Waals surface area (Å²) < 4.78 is 5.91. The molecule has 1 aromatic rings. The molecule has 1 aromatic carbocycles. The van der Waals surface area contributed by atoms with Gasteiger partial charge in [-0.3, -0.25) is 4.99 Å². The van der Waals surface area contributed by atoms with E-state index in [2.05, 4.69) is 75.6 Å². The maximum atomic E-state index is 5.91. The normalized spacial score (nSPS) is 27.1. The minimum atomic E-state index is 0. The van der Waals surface area contributed by atoms with Gasteiger partial charge >= 0.3 is 0 Å². The first-order valence-electron chi connectivity index (χ1n) is 9.58. The lowest BCUT2D eigenvalue weighted by molar-refractivity contribution is -0.106. The zero-order chi connectivity index (χ0) is 18.1. The second kappa shape index (κ2) is 8.46. The van der Waals surface area contributed by atoms with Crippen LogP contribution in [0.25, 0.3) is 0 Å². The van der Waals surface area contributed by atoms with Gasteiger partial charge in [0.25, 0.3) is 0 Å². The van der Waals surface area contributed by atoms with Gasteiger partial charge in [0.1, 0.15) is 0 Å². The van der Waals surface area contributed by atoms with Gasteiger partial charge in [0.15, 0.2) is 5.96 Å². The fraction of sp³-hybridized carbons (Fsp3) is 0.667. The van der Waals surface area contributed by atoms with Gasteiger partial charge in [-0.15, -0.1) is 24.0 Å². The van der Waals surface area contributed by atoms with Gasteiger partial charge in [-0.05, 0) is 18.9 Å². The number of ether oxygens (including phenoxy) is 1. The van der Waals surface area contributed by atoms with Crippen LogP contribution in [-0.2, 0) is 10.2 Å². The van der Waals surface area contributed by atoms with E-state index in [-0.39, 0.29) is 34.8 Å². The number of rotatable bonds is 5. The van der Waals surface area contributed by atoms with E-state index in [0.717, 1.165) is 32.1 Å². The van der Waals surface area contributed by atoms with Crippen LogP contribution in [0.15, 0.2) is 35.3 Å². The number of benzene rings is 1. The van der Waals surface area contributed by atoms with Crippen molar-refractivity contribution in [3.05, 3.63) is 35.9 Å². The largest absolute Gasteiger partial charge is 0.377 e. The predicted octanol–water partition coefficient (Wildman–Crippen LogP) is 3.95. The van der Waals surface area contributed by atoms with Gasteiger partial charge in [-0.2, -0.15) is 0 Å². The topological polar surface area (TPSA) is 45.7 Å². The first-order chi connectivity index (χ1) is 11.9. The standard InChI is InChI=1S/C21H33N3O.HI/c1-6-22-19(23-14-20(2,3)15-10-8-7-9-11-15)24-17-16-12-13-25-18(16)21(17,4)5;/h7-11,16-18H,6,12-14H2,1-5H3,(H2,22,23,24);1H. The molecule has 3 rings (SSSR count). The molecule has 2 aliphatic rings. The Hall–Kier alpha value is -0.820. The maximum absolute atomic E-state index is 5.91. The highest BCUT2D eigenvalue weighted by Gasteiger charge is 2.59. The lowest BCUT2D eigenvalue weighted by atomic mass is 9.57. The minimum Gasteiger partial charge on any atom is -0.377 e. The van der Waals surface area contributed by atoms with Gasteiger partial charge in [-0.25, -0.2) is 0 Å². The van der Waals surface area contributed by atoms with Gasteiger partial charge < -0.3 is 15.4 Å². The zero-order valence-corrected chi connectivity index (χ0v) is 19.0. The molecular weight excluding hydrogens is 437 g/mol. The SMILES string of the molecule is CCNC(=NCC(C)(C)c1ccccc1)NC1C2CCOC2C1(C)C.I. The summed E-state index contributed by atoms with van der Waals surface area (Å²) in [7, 11) is 0. The molecule has 3 unspecified atom stereocenters. The molecule has 2 N–H and O–H groups in total. The van der Waals surface area contributed by atoms with E-state index in [1.165, 1.54) is 5.56 Å². The van der Waals surface area contributed by atoms with Crippen LogP contribution >= 0.6 is 24.0 Å². The molecule has 1 heterocycles. The summed E-state index contributed by atoms with van der Waals surface area (Å²) in [5.41, 5.74) is 1.49. The Morgan fingerprint density at radius 2 is 1.96 bits per heavy atom. The van der Waals surface area contributed by atoms with Crippen LogP contribution < -0.4 is 10.6 Å². The summed E-state index contributed by atoms with van der Waals surface area (Å²) in [6.45, 7) is 13.7. The molecule has 0 aromatic heterocycles. The van der Waals surface area contributed by atoms with Crippen LogP contribution in [0.5, 0.6) is 0 Å². The third kappa shape index (κ3) is 4.19. The molecular formula is C21H34IN3O. The third-order valence-electron chi connectivity index (χ3n) is 5.92. The number of aliphatic imine (C=N–C) groups is 1. The molecule has 146 valence electrons. The number of fused-ring (bicyclic) bond motifs is 1. The molecule has 2 fully saturated rings. The first-order valence-corrected chi connectivity index (χ1v) is 9.58. The Morgan fingerprint density at radius 3 is 2.62 bits per heavy atom. The number of hydrogen-bond donors (Lipinski definition) is 2. The Labute approximate surface area is 175 Å². The molecule has 0 spiro atoms. The van der Waals surface area contributed by atoms with E-state index in [1.54, 1.807) is 0 Å². The van der Waals surface area contributed by atoms with E-state index < -0.39 is 0 Å². The van der Waals surface area contributed by atoms with Crippen molar-refractivity contribution in [2.45, 2.75) is 58.6 Å². The summed E-state index contributed by atoms with van der Waals surface area (Å²) in [6, 6.07) is 11.1. The number of nitrogens with one attached hydrogen (secondary N) is 2. The van der Waals surface area contributed by atoms with Crippen molar-refractivity contribution in [3.63, 3.8) is 0 Å². The number of halogens is 1. The van der Waals surface area contributed by atoms with Crippen molar-refractivity contribution in [1.29, 1.82) is 0 Å². The van der Waals surface area contributed by atoms with Gasteiger partial charge in [0.05, 0.1) is 12.6 Å². The monoisotopic (exact) mass is 471 g/mol. The van der Waals surface area contributed by atoms with Crippen LogP contribution in [0.4, 0.5) is 0 Å². The van der Waals surface area contributed by atoms with Crippen LogP contribution in [0, 0.1) is 11.3 Å². The van der Waals surface area contributed by atoms with Crippen LogP contribution in [0.1, 0.15) is 46.6 Å². The van der Waals surface area contributed by atoms with Gasteiger partial charge in [0.2, 0.25) is 0 Å². The van der Waals surface area contributed by atoms with E-state index >= 15 is 0 Å². The number of nitrogens with zero attached hydrogens (tertiary/aromatic N) is 1. The van der Waals surface area contributed by atoms with Gasteiger partial charge in [0, 0.05) is 35.9 Å². The molecule has 1 saturated carbocycles. The molecule has 1 saturated heterocycles. The summed E-state index contributed by atoms with van der Waals surface area (Å²) in [5.74, 6) is 1.54. The van der Waals surface area contributed by atoms with Crippen LogP contribution in [0.3, 0.4) is 0 Å². The number of guanidine groups is 1. The average Bonchev–Trinajstić information content (AvgIpc) is 3.05. The van der Waals surface area contributed by atoms with Crippen LogP contribution in [0.2, 0.25) is 0 Å². The van der Waals surface area contributed by atoms with E-state index in [9.17, 15) is 0 Å². The highest BCUT2D eigenvalue weighted by molar-refractivity contribution is 14.0. The molecule has 0 bridgehead atoms. The summed E-state index contributed by atoms with van der Waals surface area (Å²) in [6.07, 6.45) is 1.55. The fourth-order valence-corrected chi connectivity index (χ4v) is 4.34. The highest BCUT2D eigenvalue weighted by atomic mass is 127. The molecule has 5 heteroatoms. The van der Waals surface area contributed by atoms with E-state index in [0.29, 0.717) is 18.1 Å². The van der Waals surface area contributed by atoms with E-state index in [4.69, 9.17) is 9.73 Å². The Morgan fingerprint density at radius 1 is 1.27 bits per heavy atom. The summed E-state index contributed by atoms with van der Waals surface area (Å²) in [5, 5.41) is 7.12. The third-order valence-corrected chi connectivity index (χ3v) is 5.92. The first kappa shape index (κ1) is 21.5. The van der Waals surface area contributed by atoms with Gasteiger partial charge in [-0.1, -0.05) is 58.0 Å². The fourth-order valence-electron chi connectivity index (χ4n) is 4.34. The summed E-state index contributed by atoms with van der Waals surface area (Å²) in [4.78, 5) is 4.92. The molecule has 0 radical (unpaired) electrons. The average molecular weight is 471 g/mol.